The van der Waals surface area contributed by atoms with Gasteiger partial charge < -0.3 is 20.5 Å². The first-order valence-electron chi connectivity index (χ1n) is 8.40. The number of aliphatic hydroxyl groups is 1. The first kappa shape index (κ1) is 23.9. The number of aryl methyl sites for hydroxylation is 1. The van der Waals surface area contributed by atoms with Crippen LogP contribution < -0.4 is 15.4 Å². The number of aromatic nitrogens is 1. The summed E-state index contributed by atoms with van der Waals surface area (Å²) in [6.45, 7) is 7.41. The number of nitrogens with one attached hydrogen (secondary N) is 2. The number of aliphatic hydroxyl groups excluding tert-OH is 1. The Labute approximate surface area is 186 Å². The van der Waals surface area contributed by atoms with Gasteiger partial charge in [-0.15, -0.1) is 35.3 Å². The molecule has 0 saturated heterocycles. The number of aliphatic imine (C=N–C) groups is 1. The number of thiophene rings is 1. The second-order valence-electron chi connectivity index (χ2n) is 5.78. The molecule has 0 fully saturated rings. The quantitative estimate of drug-likeness (QED) is 0.292. The van der Waals surface area contributed by atoms with Crippen LogP contribution in [0, 0.1) is 13.8 Å². The molecule has 2 aromatic rings. The molecule has 150 valence electrons. The highest BCUT2D eigenvalue weighted by Crippen LogP contribution is 2.26. The molecule has 0 aromatic carbocycles. The van der Waals surface area contributed by atoms with Crippen LogP contribution in [0.5, 0.6) is 5.75 Å². The lowest BCUT2D eigenvalue weighted by Gasteiger charge is -2.15. The second-order valence-corrected chi connectivity index (χ2v) is 7.53. The molecule has 0 saturated carbocycles. The molecular formula is C18H26ClIN4O2S. The standard InChI is InChI=1S/C18H25ClN4O2S.HI/c1-5-20-18(23-10-14(24)15-6-7-16(19)26-15)22-9-13-12(3)17(25-4)11(2)8-21-13;/h6-8,14,24H,5,9-10H2,1-4H3,(H2,20,22,23);1H. The van der Waals surface area contributed by atoms with Crippen molar-refractivity contribution >= 4 is 52.9 Å². The Bertz CT molecular complexity index is 770. The first-order chi connectivity index (χ1) is 12.5. The lowest BCUT2D eigenvalue weighted by molar-refractivity contribution is 0.184. The number of methoxy groups -OCH3 is 1. The van der Waals surface area contributed by atoms with E-state index in [1.54, 1.807) is 19.4 Å². The van der Waals surface area contributed by atoms with Crippen LogP contribution in [0.1, 0.15) is 34.7 Å². The number of nitrogens with zero attached hydrogens (tertiary/aromatic N) is 2. The van der Waals surface area contributed by atoms with Gasteiger partial charge in [0.1, 0.15) is 11.9 Å². The number of ether oxygens (including phenoxy) is 1. The fraction of sp³-hybridized carbons (Fsp3) is 0.444. The molecule has 1 unspecified atom stereocenters. The molecule has 0 aliphatic carbocycles. The molecule has 0 bridgehead atoms. The zero-order valence-electron chi connectivity index (χ0n) is 15.9. The molecule has 0 spiro atoms. The minimum Gasteiger partial charge on any atom is -0.496 e. The summed E-state index contributed by atoms with van der Waals surface area (Å²) in [5, 5.41) is 16.6. The van der Waals surface area contributed by atoms with E-state index in [-0.39, 0.29) is 24.0 Å². The van der Waals surface area contributed by atoms with Crippen LogP contribution in [0.2, 0.25) is 4.34 Å². The van der Waals surface area contributed by atoms with Crippen LogP contribution in [0.25, 0.3) is 0 Å². The third kappa shape index (κ3) is 6.78. The third-order valence-corrected chi connectivity index (χ3v) is 5.20. The van der Waals surface area contributed by atoms with Gasteiger partial charge in [0.05, 0.1) is 23.7 Å². The molecule has 2 heterocycles. The van der Waals surface area contributed by atoms with Crippen molar-refractivity contribution in [1.29, 1.82) is 0 Å². The number of hydrogen-bond acceptors (Lipinski definition) is 5. The Hall–Kier alpha value is -1.10. The van der Waals surface area contributed by atoms with E-state index < -0.39 is 6.10 Å². The van der Waals surface area contributed by atoms with Crippen molar-refractivity contribution in [3.8, 4) is 5.75 Å². The maximum atomic E-state index is 10.3. The molecule has 0 aliphatic rings. The highest BCUT2D eigenvalue weighted by atomic mass is 127. The molecule has 2 aromatic heterocycles. The molecule has 3 N–H and O–H groups in total. The maximum Gasteiger partial charge on any atom is 0.191 e. The average molecular weight is 525 g/mol. The molecule has 27 heavy (non-hydrogen) atoms. The van der Waals surface area contributed by atoms with E-state index in [4.69, 9.17) is 16.3 Å². The fourth-order valence-corrected chi connectivity index (χ4v) is 3.57. The maximum absolute atomic E-state index is 10.3. The highest BCUT2D eigenvalue weighted by Gasteiger charge is 2.12. The summed E-state index contributed by atoms with van der Waals surface area (Å²) in [5.41, 5.74) is 2.84. The average Bonchev–Trinajstić information content (AvgIpc) is 3.05. The van der Waals surface area contributed by atoms with E-state index in [1.165, 1.54) is 11.3 Å². The zero-order chi connectivity index (χ0) is 19.1. The van der Waals surface area contributed by atoms with Crippen molar-refractivity contribution in [2.24, 2.45) is 4.99 Å². The Morgan fingerprint density at radius 1 is 1.37 bits per heavy atom. The van der Waals surface area contributed by atoms with Crippen molar-refractivity contribution in [3.05, 3.63) is 44.4 Å². The molecule has 6 nitrogen and oxygen atoms in total. The molecular weight excluding hydrogens is 499 g/mol. The molecule has 0 amide bonds. The smallest absolute Gasteiger partial charge is 0.191 e. The summed E-state index contributed by atoms with van der Waals surface area (Å²) < 4.78 is 6.10. The largest absolute Gasteiger partial charge is 0.496 e. The summed E-state index contributed by atoms with van der Waals surface area (Å²) in [7, 11) is 1.66. The van der Waals surface area contributed by atoms with E-state index in [9.17, 15) is 5.11 Å². The van der Waals surface area contributed by atoms with Gasteiger partial charge in [0, 0.05) is 35.3 Å². The summed E-state index contributed by atoms with van der Waals surface area (Å²) in [6.07, 6.45) is 1.15. The third-order valence-electron chi connectivity index (χ3n) is 3.87. The van der Waals surface area contributed by atoms with Crippen molar-refractivity contribution < 1.29 is 9.84 Å². The number of pyridine rings is 1. The molecule has 0 radical (unpaired) electrons. The number of rotatable bonds is 7. The van der Waals surface area contributed by atoms with Gasteiger partial charge in [0.25, 0.3) is 0 Å². The molecule has 0 aliphatic heterocycles. The highest BCUT2D eigenvalue weighted by molar-refractivity contribution is 14.0. The monoisotopic (exact) mass is 524 g/mol. The van der Waals surface area contributed by atoms with E-state index in [0.29, 0.717) is 23.4 Å². The minimum atomic E-state index is -0.643. The topological polar surface area (TPSA) is 78.8 Å². The summed E-state index contributed by atoms with van der Waals surface area (Å²) in [5.74, 6) is 1.46. The first-order valence-corrected chi connectivity index (χ1v) is 9.60. The van der Waals surface area contributed by atoms with Crippen molar-refractivity contribution in [2.45, 2.75) is 33.4 Å². The second kappa shape index (κ2) is 11.7. The van der Waals surface area contributed by atoms with Gasteiger partial charge in [-0.3, -0.25) is 4.98 Å². The number of halogens is 2. The van der Waals surface area contributed by atoms with E-state index in [1.807, 2.05) is 26.8 Å². The van der Waals surface area contributed by atoms with E-state index in [2.05, 4.69) is 20.6 Å². The van der Waals surface area contributed by atoms with Gasteiger partial charge in [-0.1, -0.05) is 11.6 Å². The van der Waals surface area contributed by atoms with Crippen LogP contribution in [-0.4, -0.2) is 36.2 Å². The SMILES string of the molecule is CCNC(=NCc1ncc(C)c(OC)c1C)NCC(O)c1ccc(Cl)s1.I. The van der Waals surface area contributed by atoms with Gasteiger partial charge >= 0.3 is 0 Å². The Morgan fingerprint density at radius 3 is 2.70 bits per heavy atom. The number of hydrogen-bond donors (Lipinski definition) is 3. The van der Waals surface area contributed by atoms with Gasteiger partial charge in [-0.2, -0.15) is 0 Å². The zero-order valence-corrected chi connectivity index (χ0v) is 19.8. The Balaban J connectivity index is 0.00000364. The lowest BCUT2D eigenvalue weighted by atomic mass is 10.1. The van der Waals surface area contributed by atoms with Gasteiger partial charge in [-0.05, 0) is 32.9 Å². The fourth-order valence-electron chi connectivity index (χ4n) is 2.53. The Kier molecular flexibility index (Phi) is 10.4. The predicted molar refractivity (Wildman–Crippen MR) is 123 cm³/mol. The van der Waals surface area contributed by atoms with Crippen LogP contribution in [-0.2, 0) is 6.54 Å². The van der Waals surface area contributed by atoms with Gasteiger partial charge in [0.15, 0.2) is 5.96 Å². The Morgan fingerprint density at radius 2 is 2.11 bits per heavy atom. The van der Waals surface area contributed by atoms with Crippen molar-refractivity contribution in [3.63, 3.8) is 0 Å². The van der Waals surface area contributed by atoms with Crippen LogP contribution >= 0.6 is 46.9 Å². The summed E-state index contributed by atoms with van der Waals surface area (Å²) in [6, 6.07) is 3.61. The van der Waals surface area contributed by atoms with E-state index >= 15 is 0 Å². The summed E-state index contributed by atoms with van der Waals surface area (Å²) in [4.78, 5) is 9.84. The summed E-state index contributed by atoms with van der Waals surface area (Å²) >= 11 is 7.29. The van der Waals surface area contributed by atoms with Crippen molar-refractivity contribution in [1.82, 2.24) is 15.6 Å². The van der Waals surface area contributed by atoms with E-state index in [0.717, 1.165) is 34.0 Å². The minimum absolute atomic E-state index is 0. The molecule has 2 rings (SSSR count). The van der Waals surface area contributed by atoms with Crippen LogP contribution in [0.15, 0.2) is 23.3 Å². The van der Waals surface area contributed by atoms with Crippen molar-refractivity contribution in [2.75, 3.05) is 20.2 Å². The van der Waals surface area contributed by atoms with Gasteiger partial charge in [-0.25, -0.2) is 4.99 Å². The lowest BCUT2D eigenvalue weighted by Crippen LogP contribution is -2.39. The normalized spacial score (nSPS) is 12.3. The molecule has 1 atom stereocenters. The predicted octanol–water partition coefficient (Wildman–Crippen LogP) is 3.83. The van der Waals surface area contributed by atoms with Crippen LogP contribution in [0.3, 0.4) is 0 Å². The molecule has 9 heteroatoms. The van der Waals surface area contributed by atoms with Crippen LogP contribution in [0.4, 0.5) is 0 Å². The van der Waals surface area contributed by atoms with Gasteiger partial charge in [0.2, 0.25) is 0 Å². The number of guanidine groups is 1.